The maximum Gasteiger partial charge on any atom is 0.349 e. The molecule has 0 radical (unpaired) electrons. The Morgan fingerprint density at radius 3 is 2.50 bits per heavy atom. The number of nitrogens with one attached hydrogen (secondary N) is 1. The quantitative estimate of drug-likeness (QED) is 0.513. The van der Waals surface area contributed by atoms with Crippen LogP contribution in [-0.4, -0.2) is 44.8 Å². The van der Waals surface area contributed by atoms with E-state index in [4.69, 9.17) is 4.74 Å². The molecule has 1 atom stereocenters. The summed E-state index contributed by atoms with van der Waals surface area (Å²) in [6, 6.07) is 14.5. The third kappa shape index (κ3) is 4.64. The van der Waals surface area contributed by atoms with Gasteiger partial charge in [0.15, 0.2) is 6.10 Å². The lowest BCUT2D eigenvalue weighted by molar-refractivity contribution is -0.123. The summed E-state index contributed by atoms with van der Waals surface area (Å²) in [4.78, 5) is 27.1. The predicted octanol–water partition coefficient (Wildman–Crippen LogP) is 4.26. The Hall–Kier alpha value is -3.01. The molecular formula is C25H26N2O5S2. The minimum atomic E-state index is -3.65. The van der Waals surface area contributed by atoms with Crippen LogP contribution < -0.4 is 5.32 Å². The molecule has 0 spiro atoms. The van der Waals surface area contributed by atoms with Crippen LogP contribution in [-0.2, 0) is 32.4 Å². The number of ether oxygens (including phenoxy) is 1. The molecule has 2 aromatic carbocycles. The third-order valence-corrected chi connectivity index (χ3v) is 8.84. The fourth-order valence-electron chi connectivity index (χ4n) is 3.79. The van der Waals surface area contributed by atoms with Crippen LogP contribution in [0.25, 0.3) is 10.4 Å². The molecule has 1 aromatic heterocycles. The number of sulfonamides is 1. The third-order valence-electron chi connectivity index (χ3n) is 5.83. The van der Waals surface area contributed by atoms with Gasteiger partial charge in [-0.2, -0.15) is 0 Å². The molecular weight excluding hydrogens is 472 g/mol. The average Bonchev–Trinajstić information content (AvgIpc) is 3.25. The highest BCUT2D eigenvalue weighted by Gasteiger charge is 2.25. The monoisotopic (exact) mass is 498 g/mol. The Morgan fingerprint density at radius 1 is 1.06 bits per heavy atom. The van der Waals surface area contributed by atoms with E-state index in [0.717, 1.165) is 33.2 Å². The van der Waals surface area contributed by atoms with Crippen molar-refractivity contribution in [2.24, 2.45) is 0 Å². The van der Waals surface area contributed by atoms with E-state index >= 15 is 0 Å². The molecule has 0 bridgehead atoms. The summed E-state index contributed by atoms with van der Waals surface area (Å²) in [5.74, 6) is -1.09. The topological polar surface area (TPSA) is 92.8 Å². The predicted molar refractivity (Wildman–Crippen MR) is 133 cm³/mol. The van der Waals surface area contributed by atoms with Crippen LogP contribution in [0.5, 0.6) is 0 Å². The van der Waals surface area contributed by atoms with Crippen LogP contribution in [0.1, 0.15) is 33.3 Å². The second kappa shape index (κ2) is 9.32. The minimum Gasteiger partial charge on any atom is -0.448 e. The molecule has 3 aromatic rings. The van der Waals surface area contributed by atoms with Gasteiger partial charge < -0.3 is 10.1 Å². The first kappa shape index (κ1) is 24.1. The van der Waals surface area contributed by atoms with Gasteiger partial charge >= 0.3 is 5.97 Å². The molecule has 0 fully saturated rings. The number of nitrogens with zero attached hydrogens (tertiary/aromatic N) is 1. The van der Waals surface area contributed by atoms with Gasteiger partial charge in [0.05, 0.1) is 4.90 Å². The van der Waals surface area contributed by atoms with E-state index in [1.807, 2.05) is 18.2 Å². The molecule has 1 amide bonds. The van der Waals surface area contributed by atoms with Gasteiger partial charge in [0, 0.05) is 24.7 Å². The molecule has 1 unspecified atom stereocenters. The number of benzene rings is 2. The number of hydrogen-bond donors (Lipinski definition) is 1. The second-order valence-corrected chi connectivity index (χ2v) is 11.6. The Morgan fingerprint density at radius 2 is 1.76 bits per heavy atom. The van der Waals surface area contributed by atoms with Crippen LogP contribution in [0.15, 0.2) is 53.4 Å². The molecule has 4 rings (SSSR count). The van der Waals surface area contributed by atoms with Crippen LogP contribution in [0.2, 0.25) is 0 Å². The van der Waals surface area contributed by atoms with E-state index in [2.05, 4.69) is 17.4 Å². The van der Waals surface area contributed by atoms with Crippen molar-refractivity contribution in [2.45, 2.75) is 37.7 Å². The first-order valence-electron chi connectivity index (χ1n) is 10.8. The average molecular weight is 499 g/mol. The molecule has 0 aliphatic heterocycles. The van der Waals surface area contributed by atoms with Gasteiger partial charge in [-0.05, 0) is 67.1 Å². The molecule has 0 saturated heterocycles. The minimum absolute atomic E-state index is 0.0625. The first-order valence-corrected chi connectivity index (χ1v) is 13.1. The number of esters is 1. The maximum absolute atomic E-state index is 12.8. The highest BCUT2D eigenvalue weighted by atomic mass is 32.2. The number of thiophene rings is 1. The second-order valence-electron chi connectivity index (χ2n) is 8.42. The van der Waals surface area contributed by atoms with Crippen molar-refractivity contribution < 1.29 is 22.7 Å². The van der Waals surface area contributed by atoms with Crippen molar-refractivity contribution in [3.8, 4) is 10.4 Å². The summed E-state index contributed by atoms with van der Waals surface area (Å²) < 4.78 is 31.4. The van der Waals surface area contributed by atoms with Gasteiger partial charge in [0.25, 0.3) is 5.91 Å². The van der Waals surface area contributed by atoms with Crippen molar-refractivity contribution in [1.82, 2.24) is 4.31 Å². The van der Waals surface area contributed by atoms with Crippen molar-refractivity contribution in [3.05, 3.63) is 70.1 Å². The molecule has 1 N–H and O–H groups in total. The fraction of sp³-hybridized carbons (Fsp3) is 0.280. The molecule has 1 aliphatic rings. The summed E-state index contributed by atoms with van der Waals surface area (Å²) in [7, 11) is -0.771. The highest BCUT2D eigenvalue weighted by Crippen LogP contribution is 2.39. The zero-order valence-corrected chi connectivity index (χ0v) is 21.0. The largest absolute Gasteiger partial charge is 0.448 e. The SMILES string of the molecule is Cc1ccc(S(=O)(=O)N(C)C)cc1NC(=O)C(C)OC(=O)c1cc2c(s1)-c1ccccc1CC2. The molecule has 1 heterocycles. The van der Waals surface area contributed by atoms with Gasteiger partial charge in [-0.3, -0.25) is 4.79 Å². The molecule has 0 saturated carbocycles. The van der Waals surface area contributed by atoms with Crippen LogP contribution in [0.4, 0.5) is 5.69 Å². The Bertz CT molecular complexity index is 1380. The summed E-state index contributed by atoms with van der Waals surface area (Å²) in [6.45, 7) is 3.25. The Labute approximate surface area is 203 Å². The zero-order valence-electron chi connectivity index (χ0n) is 19.4. The Balaban J connectivity index is 1.47. The summed E-state index contributed by atoms with van der Waals surface area (Å²) in [5.41, 5.74) is 4.55. The highest BCUT2D eigenvalue weighted by molar-refractivity contribution is 7.89. The fourth-order valence-corrected chi connectivity index (χ4v) is 5.87. The van der Waals surface area contributed by atoms with Crippen molar-refractivity contribution in [1.29, 1.82) is 0 Å². The smallest absolute Gasteiger partial charge is 0.349 e. The van der Waals surface area contributed by atoms with Gasteiger partial charge in [0.1, 0.15) is 4.88 Å². The van der Waals surface area contributed by atoms with Crippen molar-refractivity contribution in [2.75, 3.05) is 19.4 Å². The lowest BCUT2D eigenvalue weighted by atomic mass is 9.91. The number of carbonyl (C=O) groups is 2. The Kier molecular flexibility index (Phi) is 6.62. The van der Waals surface area contributed by atoms with Crippen LogP contribution >= 0.6 is 11.3 Å². The van der Waals surface area contributed by atoms with Crippen molar-refractivity contribution >= 4 is 38.9 Å². The summed E-state index contributed by atoms with van der Waals surface area (Å²) in [6.07, 6.45) is 0.722. The number of carbonyl (C=O) groups excluding carboxylic acids is 2. The van der Waals surface area contributed by atoms with E-state index < -0.39 is 28.0 Å². The van der Waals surface area contributed by atoms with E-state index in [9.17, 15) is 18.0 Å². The lowest BCUT2D eigenvalue weighted by Gasteiger charge is -2.16. The molecule has 178 valence electrons. The first-order chi connectivity index (χ1) is 16.1. The standard InChI is InChI=1S/C25H26N2O5S2/c1-15-9-12-19(34(30,31)27(3)4)14-21(15)26-24(28)16(2)32-25(29)22-13-18-11-10-17-7-5-6-8-20(17)23(18)33-22/h5-9,12-14,16H,10-11H2,1-4H3,(H,26,28). The van der Waals surface area contributed by atoms with E-state index in [1.54, 1.807) is 13.0 Å². The molecule has 9 heteroatoms. The number of anilines is 1. The van der Waals surface area contributed by atoms with Gasteiger partial charge in [0.2, 0.25) is 10.0 Å². The normalized spacial score (nSPS) is 13.7. The van der Waals surface area contributed by atoms with Crippen LogP contribution in [0.3, 0.4) is 0 Å². The number of rotatable bonds is 6. The number of amides is 1. The van der Waals surface area contributed by atoms with Gasteiger partial charge in [-0.25, -0.2) is 17.5 Å². The number of hydrogen-bond acceptors (Lipinski definition) is 6. The molecule has 1 aliphatic carbocycles. The maximum atomic E-state index is 12.8. The number of aryl methyl sites for hydroxylation is 3. The van der Waals surface area contributed by atoms with Crippen molar-refractivity contribution in [3.63, 3.8) is 0 Å². The van der Waals surface area contributed by atoms with E-state index in [-0.39, 0.29) is 4.90 Å². The summed E-state index contributed by atoms with van der Waals surface area (Å²) >= 11 is 1.38. The molecule has 34 heavy (non-hydrogen) atoms. The van der Waals surface area contributed by atoms with Crippen LogP contribution in [0, 0.1) is 6.92 Å². The molecule has 7 nitrogen and oxygen atoms in total. The number of fused-ring (bicyclic) bond motifs is 3. The lowest BCUT2D eigenvalue weighted by Crippen LogP contribution is -2.30. The van der Waals surface area contributed by atoms with Gasteiger partial charge in [-0.1, -0.05) is 30.3 Å². The zero-order chi connectivity index (χ0) is 24.6. The van der Waals surface area contributed by atoms with E-state index in [0.29, 0.717) is 16.1 Å². The van der Waals surface area contributed by atoms with E-state index in [1.165, 1.54) is 50.1 Å². The summed E-state index contributed by atoms with van der Waals surface area (Å²) in [5, 5.41) is 2.68. The van der Waals surface area contributed by atoms with Gasteiger partial charge in [-0.15, -0.1) is 11.3 Å².